The van der Waals surface area contributed by atoms with Gasteiger partial charge in [-0.25, -0.2) is 0 Å². The van der Waals surface area contributed by atoms with Gasteiger partial charge in [-0.3, -0.25) is 4.90 Å². The molecule has 2 fully saturated rings. The molecular formula is C17H26N2O. The summed E-state index contributed by atoms with van der Waals surface area (Å²) >= 11 is 0. The normalized spacial score (nSPS) is 21.6. The summed E-state index contributed by atoms with van der Waals surface area (Å²) in [4.78, 5) is 2.52. The highest BCUT2D eigenvalue weighted by atomic mass is 16.3. The van der Waals surface area contributed by atoms with Crippen LogP contribution >= 0.6 is 0 Å². The Labute approximate surface area is 122 Å². The maximum atomic E-state index is 9.22. The average molecular weight is 274 g/mol. The van der Waals surface area contributed by atoms with Gasteiger partial charge in [0, 0.05) is 24.9 Å². The molecule has 1 aromatic carbocycles. The first-order valence-electron chi connectivity index (χ1n) is 8.03. The standard InChI is InChI=1S/C17H26N2O/c20-13-14-8-10-19(11-9-14)12-15-4-1-2-7-17(15)18-16-5-3-6-16/h1-2,4,7,14,16,18,20H,3,5-6,8-13H2. The number of hydrogen-bond acceptors (Lipinski definition) is 3. The fourth-order valence-electron chi connectivity index (χ4n) is 3.14. The number of para-hydroxylation sites is 1. The minimum absolute atomic E-state index is 0.355. The monoisotopic (exact) mass is 274 g/mol. The number of likely N-dealkylation sites (tertiary alicyclic amines) is 1. The Hall–Kier alpha value is -1.06. The van der Waals surface area contributed by atoms with E-state index in [1.54, 1.807) is 0 Å². The molecule has 0 bridgehead atoms. The molecule has 0 atom stereocenters. The summed E-state index contributed by atoms with van der Waals surface area (Å²) < 4.78 is 0. The molecular weight excluding hydrogens is 248 g/mol. The summed E-state index contributed by atoms with van der Waals surface area (Å²) in [6, 6.07) is 9.42. The van der Waals surface area contributed by atoms with Crippen molar-refractivity contribution < 1.29 is 5.11 Å². The second kappa shape index (κ2) is 6.59. The Morgan fingerprint density at radius 3 is 2.50 bits per heavy atom. The summed E-state index contributed by atoms with van der Waals surface area (Å²) in [6.45, 7) is 3.62. The van der Waals surface area contributed by atoms with Gasteiger partial charge in [-0.15, -0.1) is 0 Å². The Bertz CT molecular complexity index is 423. The van der Waals surface area contributed by atoms with E-state index in [-0.39, 0.29) is 0 Å². The third-order valence-corrected chi connectivity index (χ3v) is 4.84. The van der Waals surface area contributed by atoms with Crippen LogP contribution in [0.5, 0.6) is 0 Å². The Balaban J connectivity index is 1.59. The fourth-order valence-corrected chi connectivity index (χ4v) is 3.14. The lowest BCUT2D eigenvalue weighted by Gasteiger charge is -2.33. The van der Waals surface area contributed by atoms with Gasteiger partial charge >= 0.3 is 0 Å². The van der Waals surface area contributed by atoms with Crippen molar-refractivity contribution in [2.75, 3.05) is 25.0 Å². The van der Waals surface area contributed by atoms with Crippen LogP contribution in [0, 0.1) is 5.92 Å². The number of rotatable bonds is 5. The Morgan fingerprint density at radius 1 is 1.10 bits per heavy atom. The van der Waals surface area contributed by atoms with Gasteiger partial charge in [0.05, 0.1) is 0 Å². The number of aliphatic hydroxyl groups is 1. The number of hydrogen-bond donors (Lipinski definition) is 2. The van der Waals surface area contributed by atoms with E-state index in [4.69, 9.17) is 0 Å². The molecule has 3 rings (SSSR count). The van der Waals surface area contributed by atoms with Crippen LogP contribution in [-0.2, 0) is 6.54 Å². The maximum Gasteiger partial charge on any atom is 0.0460 e. The minimum Gasteiger partial charge on any atom is -0.396 e. The highest BCUT2D eigenvalue weighted by Gasteiger charge is 2.21. The van der Waals surface area contributed by atoms with Crippen LogP contribution in [0.1, 0.15) is 37.7 Å². The molecule has 0 unspecified atom stereocenters. The number of anilines is 1. The summed E-state index contributed by atoms with van der Waals surface area (Å²) in [7, 11) is 0. The van der Waals surface area contributed by atoms with Gasteiger partial charge in [-0.05, 0) is 62.7 Å². The van der Waals surface area contributed by atoms with Gasteiger partial charge in [0.2, 0.25) is 0 Å². The molecule has 1 saturated heterocycles. The SMILES string of the molecule is OCC1CCN(Cc2ccccc2NC2CCC2)CC1. The minimum atomic E-state index is 0.355. The molecule has 3 heteroatoms. The van der Waals surface area contributed by atoms with E-state index >= 15 is 0 Å². The Kier molecular flexibility index (Phi) is 4.58. The molecule has 110 valence electrons. The predicted octanol–water partition coefficient (Wildman–Crippen LogP) is 2.86. The topological polar surface area (TPSA) is 35.5 Å². The molecule has 2 N–H and O–H groups in total. The zero-order valence-electron chi connectivity index (χ0n) is 12.2. The maximum absolute atomic E-state index is 9.22. The van der Waals surface area contributed by atoms with Crippen LogP contribution in [0.4, 0.5) is 5.69 Å². The van der Waals surface area contributed by atoms with Crippen molar-refractivity contribution >= 4 is 5.69 Å². The average Bonchev–Trinajstić information content (AvgIpc) is 2.45. The summed E-state index contributed by atoms with van der Waals surface area (Å²) in [6.07, 6.45) is 6.27. The second-order valence-electron chi connectivity index (χ2n) is 6.33. The summed E-state index contributed by atoms with van der Waals surface area (Å²) in [5.41, 5.74) is 2.74. The van der Waals surface area contributed by atoms with Crippen molar-refractivity contribution in [3.63, 3.8) is 0 Å². The fraction of sp³-hybridized carbons (Fsp3) is 0.647. The van der Waals surface area contributed by atoms with Gasteiger partial charge in [0.15, 0.2) is 0 Å². The van der Waals surface area contributed by atoms with Gasteiger partial charge in [0.1, 0.15) is 0 Å². The van der Waals surface area contributed by atoms with Crippen LogP contribution < -0.4 is 5.32 Å². The molecule has 1 aromatic rings. The van der Waals surface area contributed by atoms with Gasteiger partial charge in [-0.2, -0.15) is 0 Å². The highest BCUT2D eigenvalue weighted by Crippen LogP contribution is 2.27. The van der Waals surface area contributed by atoms with Crippen LogP contribution in [-0.4, -0.2) is 35.7 Å². The molecule has 0 aromatic heterocycles. The molecule has 0 radical (unpaired) electrons. The predicted molar refractivity (Wildman–Crippen MR) is 82.8 cm³/mol. The third kappa shape index (κ3) is 3.33. The number of piperidine rings is 1. The second-order valence-corrected chi connectivity index (χ2v) is 6.33. The van der Waals surface area contributed by atoms with Gasteiger partial charge < -0.3 is 10.4 Å². The summed E-state index contributed by atoms with van der Waals surface area (Å²) in [5.74, 6) is 0.523. The lowest BCUT2D eigenvalue weighted by molar-refractivity contribution is 0.127. The lowest BCUT2D eigenvalue weighted by atomic mass is 9.92. The van der Waals surface area contributed by atoms with Crippen molar-refractivity contribution in [3.05, 3.63) is 29.8 Å². The molecule has 0 amide bonds. The number of nitrogens with one attached hydrogen (secondary N) is 1. The first-order chi connectivity index (χ1) is 9.85. The van der Waals surface area contributed by atoms with Crippen molar-refractivity contribution in [2.24, 2.45) is 5.92 Å². The molecule has 20 heavy (non-hydrogen) atoms. The van der Waals surface area contributed by atoms with E-state index in [9.17, 15) is 5.11 Å². The van der Waals surface area contributed by atoms with Gasteiger partial charge in [-0.1, -0.05) is 18.2 Å². The molecule has 1 heterocycles. The van der Waals surface area contributed by atoms with Crippen molar-refractivity contribution in [2.45, 2.75) is 44.7 Å². The molecule has 1 aliphatic carbocycles. The number of benzene rings is 1. The largest absolute Gasteiger partial charge is 0.396 e. The van der Waals surface area contributed by atoms with E-state index < -0.39 is 0 Å². The summed E-state index contributed by atoms with van der Waals surface area (Å²) in [5, 5.41) is 12.9. The first kappa shape index (κ1) is 13.9. The first-order valence-corrected chi connectivity index (χ1v) is 8.03. The lowest BCUT2D eigenvalue weighted by Crippen LogP contribution is -2.34. The van der Waals surface area contributed by atoms with Crippen LogP contribution in [0.3, 0.4) is 0 Å². The van der Waals surface area contributed by atoms with Crippen molar-refractivity contribution in [1.29, 1.82) is 0 Å². The van der Waals surface area contributed by atoms with E-state index in [1.165, 1.54) is 30.5 Å². The molecule has 3 nitrogen and oxygen atoms in total. The van der Waals surface area contributed by atoms with E-state index in [1.807, 2.05) is 0 Å². The Morgan fingerprint density at radius 2 is 1.85 bits per heavy atom. The molecule has 1 saturated carbocycles. The highest BCUT2D eigenvalue weighted by molar-refractivity contribution is 5.52. The van der Waals surface area contributed by atoms with E-state index in [0.717, 1.165) is 32.5 Å². The zero-order valence-corrected chi connectivity index (χ0v) is 12.2. The van der Waals surface area contributed by atoms with E-state index in [2.05, 4.69) is 34.5 Å². The molecule has 2 aliphatic rings. The van der Waals surface area contributed by atoms with Gasteiger partial charge in [0.25, 0.3) is 0 Å². The van der Waals surface area contributed by atoms with Crippen LogP contribution in [0.25, 0.3) is 0 Å². The number of aliphatic hydroxyl groups excluding tert-OH is 1. The van der Waals surface area contributed by atoms with E-state index in [0.29, 0.717) is 18.6 Å². The smallest absolute Gasteiger partial charge is 0.0460 e. The van der Waals surface area contributed by atoms with Crippen molar-refractivity contribution in [3.8, 4) is 0 Å². The quantitative estimate of drug-likeness (QED) is 0.866. The third-order valence-electron chi connectivity index (χ3n) is 4.84. The van der Waals surface area contributed by atoms with Crippen molar-refractivity contribution in [1.82, 2.24) is 4.90 Å². The number of nitrogens with zero attached hydrogens (tertiary/aromatic N) is 1. The van der Waals surface area contributed by atoms with Crippen LogP contribution in [0.2, 0.25) is 0 Å². The van der Waals surface area contributed by atoms with Crippen LogP contribution in [0.15, 0.2) is 24.3 Å². The molecule has 0 spiro atoms. The molecule has 1 aliphatic heterocycles. The zero-order chi connectivity index (χ0) is 13.8.